The van der Waals surface area contributed by atoms with Crippen molar-refractivity contribution in [1.29, 1.82) is 0 Å². The Bertz CT molecular complexity index is 905. The van der Waals surface area contributed by atoms with Crippen LogP contribution >= 0.6 is 11.3 Å². The van der Waals surface area contributed by atoms with E-state index in [2.05, 4.69) is 15.6 Å². The number of anilines is 1. The molecule has 1 aliphatic heterocycles. The van der Waals surface area contributed by atoms with Crippen LogP contribution in [0.2, 0.25) is 0 Å². The number of aromatic nitrogens is 1. The molecule has 0 bridgehead atoms. The van der Waals surface area contributed by atoms with E-state index in [9.17, 15) is 14.4 Å². The lowest BCUT2D eigenvalue weighted by Crippen LogP contribution is -2.47. The first-order valence-electron chi connectivity index (χ1n) is 9.71. The van der Waals surface area contributed by atoms with Crippen molar-refractivity contribution in [2.75, 3.05) is 38.5 Å². The van der Waals surface area contributed by atoms with Crippen molar-refractivity contribution in [2.45, 2.75) is 32.7 Å². The third-order valence-electron chi connectivity index (χ3n) is 5.08. The van der Waals surface area contributed by atoms with E-state index in [0.29, 0.717) is 18.2 Å². The van der Waals surface area contributed by atoms with Crippen molar-refractivity contribution in [3.63, 3.8) is 0 Å². The first-order valence-corrected chi connectivity index (χ1v) is 10.5. The number of amides is 3. The first kappa shape index (κ1) is 21.2. The van der Waals surface area contributed by atoms with E-state index in [0.717, 1.165) is 28.6 Å². The molecule has 1 aromatic heterocycles. The maximum absolute atomic E-state index is 12.3. The highest BCUT2D eigenvalue weighted by Gasteiger charge is 2.22. The second-order valence-electron chi connectivity index (χ2n) is 7.45. The Kier molecular flexibility index (Phi) is 6.81. The maximum Gasteiger partial charge on any atom is 0.245 e. The van der Waals surface area contributed by atoms with Crippen LogP contribution < -0.4 is 10.6 Å². The number of thiazole rings is 1. The topological polar surface area (TPSA) is 94.6 Å². The molecule has 1 saturated heterocycles. The molecule has 3 amide bonds. The summed E-state index contributed by atoms with van der Waals surface area (Å²) in [6, 6.07) is 6.16. The highest BCUT2D eigenvalue weighted by molar-refractivity contribution is 7.22. The van der Waals surface area contributed by atoms with Crippen LogP contribution in [0.25, 0.3) is 10.2 Å². The second-order valence-corrected chi connectivity index (χ2v) is 8.48. The van der Waals surface area contributed by atoms with E-state index in [-0.39, 0.29) is 36.9 Å². The van der Waals surface area contributed by atoms with Crippen molar-refractivity contribution < 1.29 is 14.4 Å². The third kappa shape index (κ3) is 5.74. The lowest BCUT2D eigenvalue weighted by molar-refractivity contribution is -0.133. The number of rotatable bonds is 6. The number of likely N-dealkylation sites (tertiary alicyclic amines) is 1. The second kappa shape index (κ2) is 9.32. The summed E-state index contributed by atoms with van der Waals surface area (Å²) >= 11 is 1.42. The Labute approximate surface area is 174 Å². The van der Waals surface area contributed by atoms with Crippen LogP contribution in [0.5, 0.6) is 0 Å². The first-order chi connectivity index (χ1) is 13.8. The normalized spacial score (nSPS) is 14.8. The number of carbonyl (C=O) groups excluding carboxylic acids is 3. The van der Waals surface area contributed by atoms with E-state index in [4.69, 9.17) is 0 Å². The van der Waals surface area contributed by atoms with Crippen molar-refractivity contribution in [2.24, 2.45) is 0 Å². The van der Waals surface area contributed by atoms with Crippen molar-refractivity contribution in [3.05, 3.63) is 23.8 Å². The van der Waals surface area contributed by atoms with Gasteiger partial charge in [-0.1, -0.05) is 17.4 Å². The zero-order chi connectivity index (χ0) is 21.0. The van der Waals surface area contributed by atoms with Gasteiger partial charge >= 0.3 is 0 Å². The van der Waals surface area contributed by atoms with Gasteiger partial charge in [0.05, 0.1) is 23.3 Å². The molecular formula is C20H27N5O3S. The van der Waals surface area contributed by atoms with Crippen molar-refractivity contribution in [3.8, 4) is 0 Å². The molecule has 0 saturated carbocycles. The fourth-order valence-electron chi connectivity index (χ4n) is 3.31. The number of hydrogen-bond donors (Lipinski definition) is 2. The van der Waals surface area contributed by atoms with Gasteiger partial charge in [-0.15, -0.1) is 0 Å². The van der Waals surface area contributed by atoms with Gasteiger partial charge in [-0.2, -0.15) is 0 Å². The fourth-order valence-corrected chi connectivity index (χ4v) is 4.29. The zero-order valence-electron chi connectivity index (χ0n) is 17.0. The van der Waals surface area contributed by atoms with Gasteiger partial charge in [0, 0.05) is 33.1 Å². The Morgan fingerprint density at radius 2 is 2.00 bits per heavy atom. The summed E-state index contributed by atoms with van der Waals surface area (Å²) in [6.45, 7) is 5.15. The van der Waals surface area contributed by atoms with Crippen molar-refractivity contribution >= 4 is 44.4 Å². The van der Waals surface area contributed by atoms with Gasteiger partial charge in [0.15, 0.2) is 5.13 Å². The number of nitrogens with zero attached hydrogens (tertiary/aromatic N) is 3. The van der Waals surface area contributed by atoms with Crippen LogP contribution in [0.15, 0.2) is 18.2 Å². The smallest absolute Gasteiger partial charge is 0.245 e. The summed E-state index contributed by atoms with van der Waals surface area (Å²) in [5, 5.41) is 6.54. The fraction of sp³-hybridized carbons (Fsp3) is 0.500. The molecule has 1 aromatic carbocycles. The monoisotopic (exact) mass is 417 g/mol. The predicted octanol–water partition coefficient (Wildman–Crippen LogP) is 1.60. The number of nitrogens with one attached hydrogen (secondary N) is 2. The van der Waals surface area contributed by atoms with E-state index < -0.39 is 0 Å². The van der Waals surface area contributed by atoms with Crippen LogP contribution in [0, 0.1) is 6.92 Å². The molecule has 0 spiro atoms. The number of hydrogen-bond acceptors (Lipinski definition) is 6. The van der Waals surface area contributed by atoms with E-state index in [1.165, 1.54) is 16.2 Å². The molecule has 9 heteroatoms. The molecule has 3 rings (SSSR count). The molecule has 0 unspecified atom stereocenters. The highest BCUT2D eigenvalue weighted by Crippen LogP contribution is 2.26. The number of benzene rings is 1. The van der Waals surface area contributed by atoms with Crippen LogP contribution in [0.1, 0.15) is 25.3 Å². The molecular weight excluding hydrogens is 390 g/mol. The molecule has 29 heavy (non-hydrogen) atoms. The molecule has 1 fully saturated rings. The number of likely N-dealkylation sites (N-methyl/N-ethyl adjacent to an activating group) is 1. The molecule has 8 nitrogen and oxygen atoms in total. The summed E-state index contributed by atoms with van der Waals surface area (Å²) in [7, 11) is 1.61. The van der Waals surface area contributed by atoms with Crippen molar-refractivity contribution in [1.82, 2.24) is 20.1 Å². The molecule has 0 radical (unpaired) electrons. The SMILES string of the molecule is CC(=O)N1CCC(NCC(=O)N(C)CC(=O)Nc2nc3ccc(C)cc3s2)CC1. The van der Waals surface area contributed by atoms with Gasteiger partial charge in [0.1, 0.15) is 0 Å². The maximum atomic E-state index is 12.3. The number of aryl methyl sites for hydroxylation is 1. The molecule has 0 aliphatic carbocycles. The van der Waals surface area contributed by atoms with Crippen LogP contribution in [0.3, 0.4) is 0 Å². The van der Waals surface area contributed by atoms with Crippen LogP contribution in [0.4, 0.5) is 5.13 Å². The average molecular weight is 418 g/mol. The molecule has 1 aliphatic rings. The lowest BCUT2D eigenvalue weighted by Gasteiger charge is -2.32. The third-order valence-corrected chi connectivity index (χ3v) is 6.01. The summed E-state index contributed by atoms with van der Waals surface area (Å²) in [5.74, 6) is -0.325. The highest BCUT2D eigenvalue weighted by atomic mass is 32.1. The standard InChI is InChI=1S/C20H27N5O3S/c1-13-4-5-16-17(10-13)29-20(22-16)23-18(27)12-24(3)19(28)11-21-15-6-8-25(9-7-15)14(2)26/h4-5,10,15,21H,6-9,11-12H2,1-3H3,(H,22,23,27). The Balaban J connectivity index is 1.42. The minimum Gasteiger partial charge on any atom is -0.343 e. The van der Waals surface area contributed by atoms with E-state index in [1.807, 2.05) is 30.0 Å². The van der Waals surface area contributed by atoms with Gasteiger partial charge in [-0.3, -0.25) is 14.4 Å². The quantitative estimate of drug-likeness (QED) is 0.745. The summed E-state index contributed by atoms with van der Waals surface area (Å²) < 4.78 is 1.02. The molecule has 2 aromatic rings. The number of piperidine rings is 1. The Morgan fingerprint density at radius 3 is 2.69 bits per heavy atom. The van der Waals surface area contributed by atoms with Gasteiger partial charge in [0.25, 0.3) is 0 Å². The molecule has 2 heterocycles. The Hall–Kier alpha value is -2.52. The number of carbonyl (C=O) groups is 3. The van der Waals surface area contributed by atoms with Gasteiger partial charge in [-0.25, -0.2) is 4.98 Å². The largest absolute Gasteiger partial charge is 0.343 e. The van der Waals surface area contributed by atoms with Gasteiger partial charge in [0.2, 0.25) is 17.7 Å². The predicted molar refractivity (Wildman–Crippen MR) is 114 cm³/mol. The molecule has 2 N–H and O–H groups in total. The minimum atomic E-state index is -0.272. The number of fused-ring (bicyclic) bond motifs is 1. The Morgan fingerprint density at radius 1 is 1.28 bits per heavy atom. The van der Waals surface area contributed by atoms with Gasteiger partial charge < -0.3 is 20.4 Å². The molecule has 0 atom stereocenters. The summed E-state index contributed by atoms with van der Waals surface area (Å²) in [6.07, 6.45) is 1.66. The van der Waals surface area contributed by atoms with Gasteiger partial charge in [-0.05, 0) is 37.5 Å². The van der Waals surface area contributed by atoms with Crippen LogP contribution in [-0.2, 0) is 14.4 Å². The lowest BCUT2D eigenvalue weighted by atomic mass is 10.1. The van der Waals surface area contributed by atoms with E-state index >= 15 is 0 Å². The summed E-state index contributed by atoms with van der Waals surface area (Å²) in [4.78, 5) is 43.6. The van der Waals surface area contributed by atoms with Crippen LogP contribution in [-0.4, -0.2) is 71.8 Å². The average Bonchev–Trinajstić information content (AvgIpc) is 3.07. The minimum absolute atomic E-state index is 0.0295. The van der Waals surface area contributed by atoms with E-state index in [1.54, 1.807) is 14.0 Å². The summed E-state index contributed by atoms with van der Waals surface area (Å²) in [5.41, 5.74) is 1.99. The zero-order valence-corrected chi connectivity index (χ0v) is 17.8. The molecule has 156 valence electrons.